The Balaban J connectivity index is 2.84. The topological polar surface area (TPSA) is 99.6 Å². The molecule has 0 unspecified atom stereocenters. The summed E-state index contributed by atoms with van der Waals surface area (Å²) >= 11 is 6.10. The molecule has 106 valence electrons. The van der Waals surface area contributed by atoms with Gasteiger partial charge in [-0.05, 0) is 17.7 Å². The van der Waals surface area contributed by atoms with Crippen molar-refractivity contribution >= 4 is 17.5 Å². The van der Waals surface area contributed by atoms with Gasteiger partial charge in [-0.2, -0.15) is 0 Å². The molecule has 1 rings (SSSR count). The van der Waals surface area contributed by atoms with E-state index in [2.05, 4.69) is 5.32 Å². The van der Waals surface area contributed by atoms with Crippen LogP contribution in [0, 0.1) is 0 Å². The predicted molar refractivity (Wildman–Crippen MR) is 73.5 cm³/mol. The molecule has 1 amide bonds. The minimum atomic E-state index is -0.577. The number of carbonyl (C=O) groups is 1. The first kappa shape index (κ1) is 15.6. The van der Waals surface area contributed by atoms with Crippen LogP contribution in [0.5, 0.6) is 11.5 Å². The third kappa shape index (κ3) is 4.94. The predicted octanol–water partition coefficient (Wildman–Crippen LogP) is 0.261. The Bertz CT molecular complexity index is 440. The molecule has 0 aliphatic rings. The quantitative estimate of drug-likeness (QED) is 0.596. The maximum atomic E-state index is 10.7. The number of nitrogens with one attached hydrogen (secondary N) is 1. The highest BCUT2D eigenvalue weighted by Crippen LogP contribution is 2.36. The number of primary amides is 1. The van der Waals surface area contributed by atoms with Crippen LogP contribution in [-0.2, 0) is 11.3 Å². The molecule has 0 fully saturated rings. The van der Waals surface area contributed by atoms with Gasteiger partial charge in [-0.15, -0.1) is 0 Å². The highest BCUT2D eigenvalue weighted by molar-refractivity contribution is 6.32. The Hall–Kier alpha value is -1.50. The second kappa shape index (κ2) is 7.83. The fourth-order valence-electron chi connectivity index (χ4n) is 1.49. The minimum absolute atomic E-state index is 0.249. The third-order valence-corrected chi connectivity index (χ3v) is 2.58. The monoisotopic (exact) mass is 287 g/mol. The van der Waals surface area contributed by atoms with Gasteiger partial charge in [-0.25, -0.2) is 0 Å². The van der Waals surface area contributed by atoms with Gasteiger partial charge in [0.1, 0.15) is 0 Å². The fraction of sp³-hybridized carbons (Fsp3) is 0.417. The summed E-state index contributed by atoms with van der Waals surface area (Å²) in [7, 11) is 1.50. The van der Waals surface area contributed by atoms with E-state index in [0.29, 0.717) is 36.2 Å². The lowest BCUT2D eigenvalue weighted by atomic mass is 10.2. The second-order valence-corrected chi connectivity index (χ2v) is 4.24. The zero-order valence-electron chi connectivity index (χ0n) is 10.7. The number of amides is 1. The van der Waals surface area contributed by atoms with Crippen LogP contribution in [0.15, 0.2) is 12.1 Å². The molecule has 0 aliphatic carbocycles. The summed E-state index contributed by atoms with van der Waals surface area (Å²) < 4.78 is 10.4. The van der Waals surface area contributed by atoms with Gasteiger partial charge in [0.2, 0.25) is 0 Å². The van der Waals surface area contributed by atoms with Gasteiger partial charge in [-0.3, -0.25) is 4.79 Å². The van der Waals surface area contributed by atoms with Crippen molar-refractivity contribution in [2.45, 2.75) is 6.54 Å². The minimum Gasteiger partial charge on any atom is -0.493 e. The van der Waals surface area contributed by atoms with Gasteiger partial charge in [0.05, 0.1) is 12.1 Å². The van der Waals surface area contributed by atoms with Crippen LogP contribution < -0.4 is 26.3 Å². The molecule has 0 radical (unpaired) electrons. The SMILES string of the molecule is COc1cc(CNCCN)cc(Cl)c1OCC(N)=O. The van der Waals surface area contributed by atoms with Gasteiger partial charge in [0.15, 0.2) is 18.1 Å². The van der Waals surface area contributed by atoms with E-state index >= 15 is 0 Å². The normalized spacial score (nSPS) is 10.3. The molecule has 1 aromatic carbocycles. The van der Waals surface area contributed by atoms with E-state index in [9.17, 15) is 4.79 Å². The molecule has 0 spiro atoms. The number of nitrogens with two attached hydrogens (primary N) is 2. The Morgan fingerprint density at radius 3 is 2.79 bits per heavy atom. The molecule has 0 saturated heterocycles. The molecule has 0 saturated carbocycles. The first-order chi connectivity index (χ1) is 9.08. The van der Waals surface area contributed by atoms with E-state index < -0.39 is 5.91 Å². The van der Waals surface area contributed by atoms with E-state index in [0.717, 1.165) is 5.56 Å². The molecule has 7 heteroatoms. The Labute approximate surface area is 117 Å². The maximum Gasteiger partial charge on any atom is 0.255 e. The lowest BCUT2D eigenvalue weighted by molar-refractivity contribution is -0.119. The first-order valence-corrected chi connectivity index (χ1v) is 6.14. The average Bonchev–Trinajstić information content (AvgIpc) is 2.37. The fourth-order valence-corrected chi connectivity index (χ4v) is 1.78. The Morgan fingerprint density at radius 2 is 2.21 bits per heavy atom. The lowest BCUT2D eigenvalue weighted by Crippen LogP contribution is -2.22. The molecular formula is C12H18ClN3O3. The van der Waals surface area contributed by atoms with E-state index in [1.54, 1.807) is 12.1 Å². The molecule has 6 nitrogen and oxygen atoms in total. The molecule has 0 bridgehead atoms. The molecule has 0 heterocycles. The van der Waals surface area contributed by atoms with Crippen LogP contribution in [0.2, 0.25) is 5.02 Å². The van der Waals surface area contributed by atoms with E-state index in [-0.39, 0.29) is 6.61 Å². The van der Waals surface area contributed by atoms with Gasteiger partial charge < -0.3 is 26.3 Å². The molecule has 0 atom stereocenters. The number of carbonyl (C=O) groups excluding carboxylic acids is 1. The second-order valence-electron chi connectivity index (χ2n) is 3.83. The summed E-state index contributed by atoms with van der Waals surface area (Å²) in [4.78, 5) is 10.7. The summed E-state index contributed by atoms with van der Waals surface area (Å²) in [5, 5.41) is 3.51. The number of hydrogen-bond donors (Lipinski definition) is 3. The van der Waals surface area contributed by atoms with Crippen molar-refractivity contribution in [2.24, 2.45) is 11.5 Å². The molecule has 19 heavy (non-hydrogen) atoms. The summed E-state index contributed by atoms with van der Waals surface area (Å²) in [6.45, 7) is 1.63. The van der Waals surface area contributed by atoms with Crippen molar-refractivity contribution in [3.63, 3.8) is 0 Å². The zero-order chi connectivity index (χ0) is 14.3. The summed E-state index contributed by atoms with van der Waals surface area (Å²) in [6.07, 6.45) is 0. The maximum absolute atomic E-state index is 10.7. The largest absolute Gasteiger partial charge is 0.493 e. The zero-order valence-corrected chi connectivity index (χ0v) is 11.5. The van der Waals surface area contributed by atoms with E-state index in [1.165, 1.54) is 7.11 Å². The summed E-state index contributed by atoms with van der Waals surface area (Å²) in [5.74, 6) is 0.190. The number of rotatable bonds is 8. The van der Waals surface area contributed by atoms with Crippen molar-refractivity contribution in [2.75, 3.05) is 26.8 Å². The molecule has 5 N–H and O–H groups in total. The smallest absolute Gasteiger partial charge is 0.255 e. The van der Waals surface area contributed by atoms with Crippen LogP contribution >= 0.6 is 11.6 Å². The van der Waals surface area contributed by atoms with Crippen LogP contribution in [0.25, 0.3) is 0 Å². The third-order valence-electron chi connectivity index (χ3n) is 2.30. The molecule has 1 aromatic rings. The van der Waals surface area contributed by atoms with Gasteiger partial charge in [0.25, 0.3) is 5.91 Å². The van der Waals surface area contributed by atoms with Gasteiger partial charge >= 0.3 is 0 Å². The van der Waals surface area contributed by atoms with Crippen LogP contribution in [0.3, 0.4) is 0 Å². The van der Waals surface area contributed by atoms with Crippen LogP contribution in [0.1, 0.15) is 5.56 Å². The summed E-state index contributed by atoms with van der Waals surface area (Å²) in [6, 6.07) is 3.52. The van der Waals surface area contributed by atoms with Gasteiger partial charge in [0, 0.05) is 19.6 Å². The highest BCUT2D eigenvalue weighted by Gasteiger charge is 2.12. The Morgan fingerprint density at radius 1 is 1.47 bits per heavy atom. The van der Waals surface area contributed by atoms with E-state index in [4.69, 9.17) is 32.5 Å². The average molecular weight is 288 g/mol. The first-order valence-electron chi connectivity index (χ1n) is 5.76. The van der Waals surface area contributed by atoms with Crippen molar-refractivity contribution in [1.82, 2.24) is 5.32 Å². The number of halogens is 1. The number of benzene rings is 1. The standard InChI is InChI=1S/C12H18ClN3O3/c1-18-10-5-8(6-16-3-2-14)4-9(13)12(10)19-7-11(15)17/h4-5,16H,2-3,6-7,14H2,1H3,(H2,15,17). The summed E-state index contributed by atoms with van der Waals surface area (Å²) in [5.41, 5.74) is 11.3. The Kier molecular flexibility index (Phi) is 6.41. The van der Waals surface area contributed by atoms with Gasteiger partial charge in [-0.1, -0.05) is 11.6 Å². The van der Waals surface area contributed by atoms with Crippen molar-refractivity contribution in [1.29, 1.82) is 0 Å². The van der Waals surface area contributed by atoms with Crippen molar-refractivity contribution < 1.29 is 14.3 Å². The number of hydrogen-bond acceptors (Lipinski definition) is 5. The lowest BCUT2D eigenvalue weighted by Gasteiger charge is -2.13. The van der Waals surface area contributed by atoms with Crippen LogP contribution in [0.4, 0.5) is 0 Å². The highest BCUT2D eigenvalue weighted by atomic mass is 35.5. The number of ether oxygens (including phenoxy) is 2. The van der Waals surface area contributed by atoms with Crippen LogP contribution in [-0.4, -0.2) is 32.7 Å². The van der Waals surface area contributed by atoms with Crippen molar-refractivity contribution in [3.8, 4) is 11.5 Å². The van der Waals surface area contributed by atoms with Crippen molar-refractivity contribution in [3.05, 3.63) is 22.7 Å². The van der Waals surface area contributed by atoms with E-state index in [1.807, 2.05) is 0 Å². The molecular weight excluding hydrogens is 270 g/mol. The molecule has 0 aromatic heterocycles. The number of methoxy groups -OCH3 is 1. The molecule has 0 aliphatic heterocycles.